The van der Waals surface area contributed by atoms with Gasteiger partial charge in [0.15, 0.2) is 0 Å². The van der Waals surface area contributed by atoms with Gasteiger partial charge in [-0.3, -0.25) is 9.69 Å². The molecule has 1 atom stereocenters. The third kappa shape index (κ3) is 7.43. The van der Waals surface area contributed by atoms with E-state index in [1.54, 1.807) is 0 Å². The molecule has 0 radical (unpaired) electrons. The van der Waals surface area contributed by atoms with Crippen molar-refractivity contribution in [1.29, 1.82) is 0 Å². The Hall–Kier alpha value is -1.68. The van der Waals surface area contributed by atoms with Crippen LogP contribution >= 0.6 is 23.2 Å². The molecule has 0 spiro atoms. The molecule has 2 N–H and O–H groups in total. The Balaban J connectivity index is 1.67. The lowest BCUT2D eigenvalue weighted by molar-refractivity contribution is -0.122. The van der Waals surface area contributed by atoms with E-state index in [9.17, 15) is 13.2 Å². The SMILES string of the molecule is O=C(NCCCN1CCOCC1)[C@H](Cc1ccccc1)NS(=O)(=O)c1cc(Cl)ccc1Cl. The lowest BCUT2D eigenvalue weighted by Gasteiger charge is -2.26. The Morgan fingerprint density at radius 1 is 1.09 bits per heavy atom. The summed E-state index contributed by atoms with van der Waals surface area (Å²) in [5.74, 6) is -0.391. The standard InChI is InChI=1S/C22H27Cl2N3O4S/c23-18-7-8-19(24)21(16-18)32(29,30)26-20(15-17-5-2-1-3-6-17)22(28)25-9-4-10-27-11-13-31-14-12-27/h1-3,5-8,16,20,26H,4,9-15H2,(H,25,28)/t20-/m0/s1. The lowest BCUT2D eigenvalue weighted by atomic mass is 10.1. The maximum absolute atomic E-state index is 13.0. The molecule has 2 aromatic carbocycles. The number of rotatable bonds is 10. The summed E-state index contributed by atoms with van der Waals surface area (Å²) in [5, 5.41) is 3.13. The van der Waals surface area contributed by atoms with Crippen molar-refractivity contribution in [1.82, 2.24) is 14.9 Å². The quantitative estimate of drug-likeness (QED) is 0.490. The summed E-state index contributed by atoms with van der Waals surface area (Å²) in [5.41, 5.74) is 0.834. The molecule has 0 unspecified atom stereocenters. The third-order valence-corrected chi connectivity index (χ3v) is 7.32. The number of halogens is 2. The summed E-state index contributed by atoms with van der Waals surface area (Å²) >= 11 is 12.0. The van der Waals surface area contributed by atoms with Gasteiger partial charge in [0, 0.05) is 24.7 Å². The predicted molar refractivity (Wildman–Crippen MR) is 126 cm³/mol. The Labute approximate surface area is 199 Å². The number of sulfonamides is 1. The number of carbonyl (C=O) groups is 1. The summed E-state index contributed by atoms with van der Waals surface area (Å²) in [6.07, 6.45) is 0.963. The largest absolute Gasteiger partial charge is 0.379 e. The fourth-order valence-electron chi connectivity index (χ4n) is 3.43. The van der Waals surface area contributed by atoms with Crippen molar-refractivity contribution >= 4 is 39.1 Å². The van der Waals surface area contributed by atoms with Crippen molar-refractivity contribution in [3.63, 3.8) is 0 Å². The van der Waals surface area contributed by atoms with E-state index in [-0.39, 0.29) is 21.4 Å². The molecule has 7 nitrogen and oxygen atoms in total. The van der Waals surface area contributed by atoms with Crippen LogP contribution in [0.1, 0.15) is 12.0 Å². The van der Waals surface area contributed by atoms with Crippen LogP contribution < -0.4 is 10.0 Å². The number of morpholine rings is 1. The molecule has 1 heterocycles. The van der Waals surface area contributed by atoms with Crippen molar-refractivity contribution in [2.45, 2.75) is 23.8 Å². The molecule has 3 rings (SSSR count). The van der Waals surface area contributed by atoms with Gasteiger partial charge >= 0.3 is 0 Å². The number of carbonyl (C=O) groups excluding carboxylic acids is 1. The Morgan fingerprint density at radius 2 is 1.81 bits per heavy atom. The normalized spacial score (nSPS) is 15.9. The lowest BCUT2D eigenvalue weighted by Crippen LogP contribution is -2.48. The highest BCUT2D eigenvalue weighted by Crippen LogP contribution is 2.25. The molecule has 1 aliphatic heterocycles. The second-order valence-corrected chi connectivity index (χ2v) is 10.1. The smallest absolute Gasteiger partial charge is 0.242 e. The number of hydrogen-bond donors (Lipinski definition) is 2. The zero-order valence-electron chi connectivity index (χ0n) is 17.6. The fourth-order valence-corrected chi connectivity index (χ4v) is 5.39. The van der Waals surface area contributed by atoms with Gasteiger partial charge in [-0.2, -0.15) is 4.72 Å². The second kappa shape index (κ2) is 12.0. The predicted octanol–water partition coefficient (Wildman–Crippen LogP) is 2.72. The van der Waals surface area contributed by atoms with Crippen molar-refractivity contribution in [3.05, 3.63) is 64.1 Å². The number of amides is 1. The van der Waals surface area contributed by atoms with Crippen LogP contribution in [0.2, 0.25) is 10.0 Å². The van der Waals surface area contributed by atoms with Gasteiger partial charge in [0.1, 0.15) is 10.9 Å². The van der Waals surface area contributed by atoms with Gasteiger partial charge in [0.25, 0.3) is 0 Å². The van der Waals surface area contributed by atoms with E-state index in [1.807, 2.05) is 30.3 Å². The maximum Gasteiger partial charge on any atom is 0.242 e. The van der Waals surface area contributed by atoms with Crippen LogP contribution in [0.3, 0.4) is 0 Å². The van der Waals surface area contributed by atoms with Crippen molar-refractivity contribution < 1.29 is 17.9 Å². The molecule has 0 saturated carbocycles. The summed E-state index contributed by atoms with van der Waals surface area (Å²) in [7, 11) is -4.07. The van der Waals surface area contributed by atoms with E-state index < -0.39 is 22.0 Å². The number of nitrogens with zero attached hydrogens (tertiary/aromatic N) is 1. The van der Waals surface area contributed by atoms with Crippen LogP contribution in [0, 0.1) is 0 Å². The zero-order chi connectivity index (χ0) is 23.0. The van der Waals surface area contributed by atoms with E-state index in [1.165, 1.54) is 18.2 Å². The van der Waals surface area contributed by atoms with E-state index in [4.69, 9.17) is 27.9 Å². The van der Waals surface area contributed by atoms with Gasteiger partial charge in [-0.05, 0) is 43.1 Å². The van der Waals surface area contributed by atoms with Gasteiger partial charge in [0.05, 0.1) is 18.2 Å². The van der Waals surface area contributed by atoms with Crippen molar-refractivity contribution in [2.24, 2.45) is 0 Å². The van der Waals surface area contributed by atoms with Gasteiger partial charge in [-0.15, -0.1) is 0 Å². The van der Waals surface area contributed by atoms with Crippen LogP contribution in [-0.4, -0.2) is 64.7 Å². The minimum absolute atomic E-state index is 0.0336. The summed E-state index contributed by atoms with van der Waals surface area (Å²) < 4.78 is 33.8. The first-order chi connectivity index (χ1) is 15.3. The highest BCUT2D eigenvalue weighted by Gasteiger charge is 2.27. The second-order valence-electron chi connectivity index (χ2n) is 7.54. The third-order valence-electron chi connectivity index (χ3n) is 5.13. The summed E-state index contributed by atoms with van der Waals surface area (Å²) in [6, 6.07) is 12.4. The molecule has 1 amide bonds. The fraction of sp³-hybridized carbons (Fsp3) is 0.409. The molecule has 0 aromatic heterocycles. The highest BCUT2D eigenvalue weighted by molar-refractivity contribution is 7.89. The van der Waals surface area contributed by atoms with Crippen LogP contribution in [0.4, 0.5) is 0 Å². The number of benzene rings is 2. The molecule has 10 heteroatoms. The number of nitrogens with one attached hydrogen (secondary N) is 2. The van der Waals surface area contributed by atoms with Gasteiger partial charge in [0.2, 0.25) is 15.9 Å². The van der Waals surface area contributed by atoms with Gasteiger partial charge in [-0.1, -0.05) is 53.5 Å². The van der Waals surface area contributed by atoms with Crippen LogP contribution in [0.25, 0.3) is 0 Å². The van der Waals surface area contributed by atoms with Gasteiger partial charge < -0.3 is 10.1 Å². The molecular weight excluding hydrogens is 473 g/mol. The molecule has 2 aromatic rings. The molecular formula is C22H27Cl2N3O4S. The van der Waals surface area contributed by atoms with Crippen molar-refractivity contribution in [2.75, 3.05) is 39.4 Å². The van der Waals surface area contributed by atoms with E-state index in [0.29, 0.717) is 6.54 Å². The van der Waals surface area contributed by atoms with Crippen LogP contribution in [0.15, 0.2) is 53.4 Å². The molecule has 0 bridgehead atoms. The van der Waals surface area contributed by atoms with E-state index in [0.717, 1.165) is 44.8 Å². The van der Waals surface area contributed by atoms with E-state index in [2.05, 4.69) is 14.9 Å². The summed E-state index contributed by atoms with van der Waals surface area (Å²) in [6.45, 7) is 4.49. The minimum Gasteiger partial charge on any atom is -0.379 e. The Kier molecular flexibility index (Phi) is 9.34. The molecule has 1 fully saturated rings. The topological polar surface area (TPSA) is 87.7 Å². The molecule has 174 valence electrons. The molecule has 1 aliphatic rings. The number of hydrogen-bond acceptors (Lipinski definition) is 5. The molecule has 1 saturated heterocycles. The van der Waals surface area contributed by atoms with Gasteiger partial charge in [-0.25, -0.2) is 8.42 Å². The molecule has 0 aliphatic carbocycles. The monoisotopic (exact) mass is 499 g/mol. The number of ether oxygens (including phenoxy) is 1. The van der Waals surface area contributed by atoms with Crippen LogP contribution in [-0.2, 0) is 26.0 Å². The minimum atomic E-state index is -4.07. The maximum atomic E-state index is 13.0. The first-order valence-electron chi connectivity index (χ1n) is 10.4. The Morgan fingerprint density at radius 3 is 2.53 bits per heavy atom. The zero-order valence-corrected chi connectivity index (χ0v) is 19.9. The van der Waals surface area contributed by atoms with Crippen LogP contribution in [0.5, 0.6) is 0 Å². The van der Waals surface area contributed by atoms with E-state index >= 15 is 0 Å². The first kappa shape index (κ1) is 25.0. The first-order valence-corrected chi connectivity index (χ1v) is 12.7. The highest BCUT2D eigenvalue weighted by atomic mass is 35.5. The van der Waals surface area contributed by atoms with Crippen molar-refractivity contribution in [3.8, 4) is 0 Å². The Bertz CT molecular complexity index is 999. The average Bonchev–Trinajstić information content (AvgIpc) is 2.79. The summed E-state index contributed by atoms with van der Waals surface area (Å²) in [4.78, 5) is 15.0. The average molecular weight is 500 g/mol. The molecule has 32 heavy (non-hydrogen) atoms.